The minimum absolute atomic E-state index is 0.0739. The molecule has 3 saturated carbocycles. The lowest BCUT2D eigenvalue weighted by atomic mass is 9.45. The quantitative estimate of drug-likeness (QED) is 0.671. The second kappa shape index (κ2) is 6.46. The third-order valence-electron chi connectivity index (χ3n) is 9.02. The van der Waals surface area contributed by atoms with Crippen molar-refractivity contribution in [3.8, 4) is 0 Å². The minimum Gasteiger partial charge on any atom is -0.393 e. The largest absolute Gasteiger partial charge is 0.393 e. The third-order valence-corrected chi connectivity index (χ3v) is 9.02. The molecule has 6 heteroatoms. The maximum Gasteiger partial charge on any atom is 0.190 e. The van der Waals surface area contributed by atoms with E-state index in [9.17, 15) is 24.9 Å². The molecule has 0 aromatic heterocycles. The van der Waals surface area contributed by atoms with Gasteiger partial charge in [0.25, 0.3) is 0 Å². The molecule has 3 N–H and O–H groups in total. The molecular formula is C22H32O6. The van der Waals surface area contributed by atoms with Crippen LogP contribution in [0, 0.1) is 28.6 Å². The Labute approximate surface area is 166 Å². The first-order valence-corrected chi connectivity index (χ1v) is 10.4. The van der Waals surface area contributed by atoms with Gasteiger partial charge in [-0.3, -0.25) is 9.59 Å². The Kier molecular flexibility index (Phi) is 4.66. The third kappa shape index (κ3) is 2.35. The van der Waals surface area contributed by atoms with Gasteiger partial charge in [-0.05, 0) is 55.9 Å². The first-order chi connectivity index (χ1) is 13.1. The molecule has 0 saturated heterocycles. The molecule has 0 radical (unpaired) electrons. The summed E-state index contributed by atoms with van der Waals surface area (Å²) in [5.74, 6) is -0.298. The Balaban J connectivity index is 1.77. The summed E-state index contributed by atoms with van der Waals surface area (Å²) in [5, 5.41) is 32.0. The highest BCUT2D eigenvalue weighted by Gasteiger charge is 2.69. The molecule has 0 spiro atoms. The van der Waals surface area contributed by atoms with Crippen LogP contribution >= 0.6 is 0 Å². The maximum atomic E-state index is 12.4. The Hall–Kier alpha value is -1.08. The Morgan fingerprint density at radius 1 is 1.32 bits per heavy atom. The number of ketones is 2. The van der Waals surface area contributed by atoms with Crippen LogP contribution in [0.25, 0.3) is 0 Å². The molecule has 4 aliphatic carbocycles. The molecule has 0 aromatic rings. The number of rotatable bonds is 3. The lowest BCUT2D eigenvalue weighted by molar-refractivity contribution is -0.192. The second-order valence-corrected chi connectivity index (χ2v) is 9.85. The van der Waals surface area contributed by atoms with Crippen LogP contribution in [-0.4, -0.2) is 58.4 Å². The van der Waals surface area contributed by atoms with Gasteiger partial charge in [0.05, 0.1) is 12.2 Å². The SMILES string of the molecule is COC1CC(=O)C=C2CC[C@@H]3[C@H]([C@@H](O)C[C@@]4(C)[C@H]3CC[C@]4(O)C(=O)CO)[C@]21C. The molecule has 4 aliphatic rings. The van der Waals surface area contributed by atoms with Crippen LogP contribution in [-0.2, 0) is 14.3 Å². The fraction of sp³-hybridized carbons (Fsp3) is 0.818. The Morgan fingerprint density at radius 3 is 2.68 bits per heavy atom. The lowest BCUT2D eigenvalue weighted by Gasteiger charge is -2.61. The van der Waals surface area contributed by atoms with Crippen molar-refractivity contribution < 1.29 is 29.6 Å². The van der Waals surface area contributed by atoms with Gasteiger partial charge in [0.2, 0.25) is 0 Å². The second-order valence-electron chi connectivity index (χ2n) is 9.85. The number of ether oxygens (including phenoxy) is 1. The Bertz CT molecular complexity index is 731. The number of methoxy groups -OCH3 is 1. The number of carbonyl (C=O) groups is 2. The van der Waals surface area contributed by atoms with Crippen LogP contribution in [0.2, 0.25) is 0 Å². The van der Waals surface area contributed by atoms with Crippen molar-refractivity contribution in [2.75, 3.05) is 13.7 Å². The lowest BCUT2D eigenvalue weighted by Crippen LogP contribution is -2.64. The van der Waals surface area contributed by atoms with Crippen molar-refractivity contribution in [2.45, 2.75) is 70.2 Å². The van der Waals surface area contributed by atoms with Crippen molar-refractivity contribution in [2.24, 2.45) is 28.6 Å². The van der Waals surface area contributed by atoms with Crippen molar-refractivity contribution in [3.05, 3.63) is 11.6 Å². The molecule has 8 atom stereocenters. The Morgan fingerprint density at radius 2 is 2.04 bits per heavy atom. The molecular weight excluding hydrogens is 360 g/mol. The van der Waals surface area contributed by atoms with Crippen LogP contribution in [0.3, 0.4) is 0 Å². The van der Waals surface area contributed by atoms with E-state index in [2.05, 4.69) is 6.92 Å². The topological polar surface area (TPSA) is 104 Å². The van der Waals surface area contributed by atoms with E-state index >= 15 is 0 Å². The van der Waals surface area contributed by atoms with E-state index in [0.29, 0.717) is 25.7 Å². The summed E-state index contributed by atoms with van der Waals surface area (Å²) in [4.78, 5) is 24.6. The van der Waals surface area contributed by atoms with Crippen LogP contribution in [0.5, 0.6) is 0 Å². The summed E-state index contributed by atoms with van der Waals surface area (Å²) < 4.78 is 5.76. The zero-order chi connectivity index (χ0) is 20.5. The smallest absolute Gasteiger partial charge is 0.190 e. The van der Waals surface area contributed by atoms with E-state index in [-0.39, 0.29) is 29.6 Å². The summed E-state index contributed by atoms with van der Waals surface area (Å²) in [7, 11) is 1.63. The first kappa shape index (κ1) is 20.2. The van der Waals surface area contributed by atoms with Gasteiger partial charge in [0.15, 0.2) is 11.6 Å². The van der Waals surface area contributed by atoms with Crippen LogP contribution < -0.4 is 0 Å². The van der Waals surface area contributed by atoms with Gasteiger partial charge in [-0.2, -0.15) is 0 Å². The number of aliphatic hydroxyl groups is 3. The van der Waals surface area contributed by atoms with E-state index < -0.39 is 34.9 Å². The normalized spacial score (nSPS) is 50.4. The first-order valence-electron chi connectivity index (χ1n) is 10.4. The van der Waals surface area contributed by atoms with Crippen molar-refractivity contribution in [3.63, 3.8) is 0 Å². The minimum atomic E-state index is -1.58. The van der Waals surface area contributed by atoms with Gasteiger partial charge in [0.1, 0.15) is 12.2 Å². The molecule has 1 unspecified atom stereocenters. The molecule has 4 rings (SSSR count). The summed E-state index contributed by atoms with van der Waals surface area (Å²) in [6.45, 7) is 3.34. The van der Waals surface area contributed by atoms with Crippen LogP contribution in [0.4, 0.5) is 0 Å². The van der Waals surface area contributed by atoms with Gasteiger partial charge in [0, 0.05) is 24.4 Å². The molecule has 0 bridgehead atoms. The fourth-order valence-electron chi connectivity index (χ4n) is 7.62. The molecule has 3 fully saturated rings. The van der Waals surface area contributed by atoms with Crippen molar-refractivity contribution in [1.29, 1.82) is 0 Å². The number of aliphatic hydroxyl groups excluding tert-OH is 2. The number of carbonyl (C=O) groups excluding carboxylic acids is 2. The van der Waals surface area contributed by atoms with Crippen molar-refractivity contribution >= 4 is 11.6 Å². The molecule has 28 heavy (non-hydrogen) atoms. The number of hydrogen-bond donors (Lipinski definition) is 3. The van der Waals surface area contributed by atoms with Crippen molar-refractivity contribution in [1.82, 2.24) is 0 Å². The van der Waals surface area contributed by atoms with E-state index in [1.165, 1.54) is 0 Å². The van der Waals surface area contributed by atoms with E-state index in [4.69, 9.17) is 4.74 Å². The highest BCUT2D eigenvalue weighted by Crippen LogP contribution is 2.67. The molecule has 156 valence electrons. The van der Waals surface area contributed by atoms with Gasteiger partial charge in [-0.1, -0.05) is 19.4 Å². The summed E-state index contributed by atoms with van der Waals surface area (Å²) in [6, 6.07) is 0. The van der Waals surface area contributed by atoms with Gasteiger partial charge < -0.3 is 20.1 Å². The number of Topliss-reactive ketones (excluding diaryl/α,β-unsaturated/α-hetero) is 1. The zero-order valence-corrected chi connectivity index (χ0v) is 17.0. The van der Waals surface area contributed by atoms with E-state index in [1.54, 1.807) is 13.2 Å². The van der Waals surface area contributed by atoms with Crippen LogP contribution in [0.1, 0.15) is 52.4 Å². The van der Waals surface area contributed by atoms with Crippen LogP contribution in [0.15, 0.2) is 11.6 Å². The predicted molar refractivity (Wildman–Crippen MR) is 101 cm³/mol. The van der Waals surface area contributed by atoms with Gasteiger partial charge >= 0.3 is 0 Å². The summed E-state index contributed by atoms with van der Waals surface area (Å²) in [6.07, 6.45) is 4.05. The predicted octanol–water partition coefficient (Wildman–Crippen LogP) is 1.41. The average Bonchev–Trinajstić information content (AvgIpc) is 2.92. The van der Waals surface area contributed by atoms with E-state index in [1.807, 2.05) is 6.92 Å². The molecule has 0 aromatic carbocycles. The zero-order valence-electron chi connectivity index (χ0n) is 17.0. The molecule has 0 aliphatic heterocycles. The maximum absolute atomic E-state index is 12.4. The van der Waals surface area contributed by atoms with Gasteiger partial charge in [-0.15, -0.1) is 0 Å². The van der Waals surface area contributed by atoms with Gasteiger partial charge in [-0.25, -0.2) is 0 Å². The number of hydrogen-bond acceptors (Lipinski definition) is 6. The summed E-state index contributed by atoms with van der Waals surface area (Å²) in [5.41, 5.74) is -1.69. The molecule has 0 heterocycles. The molecule has 0 amide bonds. The highest BCUT2D eigenvalue weighted by molar-refractivity contribution is 5.92. The average molecular weight is 392 g/mol. The molecule has 6 nitrogen and oxygen atoms in total. The monoisotopic (exact) mass is 392 g/mol. The summed E-state index contributed by atoms with van der Waals surface area (Å²) >= 11 is 0. The standard InChI is InChI=1S/C22H32O6/c1-20-10-16(25)19-14(15(20)6-7-22(20,27)17(26)11-23)5-4-12-8-13(24)9-18(28-3)21(12,19)2/h8,14-16,18-19,23,25,27H,4-7,9-11H2,1-3H3/t14-,15-,16-,18?,19+,20-,21+,22-/m0/s1. The number of fused-ring (bicyclic) bond motifs is 5. The fourth-order valence-corrected chi connectivity index (χ4v) is 7.62. The van der Waals surface area contributed by atoms with E-state index in [0.717, 1.165) is 18.4 Å². The highest BCUT2D eigenvalue weighted by atomic mass is 16.5.